The van der Waals surface area contributed by atoms with Crippen molar-refractivity contribution in [1.82, 2.24) is 0 Å². The van der Waals surface area contributed by atoms with E-state index in [-0.39, 0.29) is 0 Å². The summed E-state index contributed by atoms with van der Waals surface area (Å²) in [5, 5.41) is 28.4. The Morgan fingerprint density at radius 3 is 2.30 bits per heavy atom. The first-order valence-electron chi connectivity index (χ1n) is 7.33. The molecule has 0 aromatic carbocycles. The number of aliphatic hydroxyl groups excluding tert-OH is 3. The van der Waals surface area contributed by atoms with Gasteiger partial charge in [-0.3, -0.25) is 0 Å². The zero-order valence-electron chi connectivity index (χ0n) is 12.5. The van der Waals surface area contributed by atoms with Gasteiger partial charge in [0, 0.05) is 0 Å². The van der Waals surface area contributed by atoms with Gasteiger partial charge in [0.2, 0.25) is 0 Å². The van der Waals surface area contributed by atoms with E-state index in [0.717, 1.165) is 12.8 Å². The first kappa shape index (κ1) is 18.7. The molecular formula is C17H26O3. The van der Waals surface area contributed by atoms with E-state index in [9.17, 15) is 15.3 Å². The fraction of sp³-hybridized carbons (Fsp3) is 0.647. The number of unbranched alkanes of at least 4 members (excludes halogenated alkanes) is 4. The Morgan fingerprint density at radius 1 is 0.950 bits per heavy atom. The van der Waals surface area contributed by atoms with E-state index in [2.05, 4.69) is 30.6 Å². The van der Waals surface area contributed by atoms with E-state index in [1.54, 1.807) is 6.08 Å². The molecule has 3 N–H and O–H groups in total. The van der Waals surface area contributed by atoms with Crippen LogP contribution < -0.4 is 0 Å². The van der Waals surface area contributed by atoms with Crippen molar-refractivity contribution in [1.29, 1.82) is 0 Å². The molecule has 0 fully saturated rings. The molecule has 0 bridgehead atoms. The molecule has 0 radical (unpaired) electrons. The number of rotatable bonds is 8. The second-order valence-electron chi connectivity index (χ2n) is 4.68. The minimum Gasteiger partial charge on any atom is -0.385 e. The Hall–Kier alpha value is -1.26. The van der Waals surface area contributed by atoms with Crippen LogP contribution in [-0.4, -0.2) is 33.6 Å². The van der Waals surface area contributed by atoms with Gasteiger partial charge in [0.05, 0.1) is 0 Å². The molecular weight excluding hydrogens is 252 g/mol. The van der Waals surface area contributed by atoms with Crippen molar-refractivity contribution < 1.29 is 15.3 Å². The zero-order chi connectivity index (χ0) is 15.2. The summed E-state index contributed by atoms with van der Waals surface area (Å²) in [5.41, 5.74) is 0. The lowest BCUT2D eigenvalue weighted by atomic mass is 10.1. The fourth-order valence-electron chi connectivity index (χ4n) is 1.45. The van der Waals surface area contributed by atoms with Crippen LogP contribution in [0.2, 0.25) is 0 Å². The Kier molecular flexibility index (Phi) is 12.0. The number of aliphatic hydroxyl groups is 3. The summed E-state index contributed by atoms with van der Waals surface area (Å²) in [5.74, 6) is 9.85. The maximum Gasteiger partial charge on any atom is 0.145 e. The summed E-state index contributed by atoms with van der Waals surface area (Å²) in [6.07, 6.45) is 6.78. The Bertz CT molecular complexity index is 379. The van der Waals surface area contributed by atoms with Crippen LogP contribution in [0.25, 0.3) is 0 Å². The van der Waals surface area contributed by atoms with Gasteiger partial charge in [-0.1, -0.05) is 57.1 Å². The predicted octanol–water partition coefficient (Wildman–Crippen LogP) is 2.01. The van der Waals surface area contributed by atoms with Crippen LogP contribution in [0.1, 0.15) is 52.4 Å². The smallest absolute Gasteiger partial charge is 0.145 e. The minimum atomic E-state index is -1.14. The molecule has 3 heteroatoms. The van der Waals surface area contributed by atoms with Crippen molar-refractivity contribution in [3.63, 3.8) is 0 Å². The van der Waals surface area contributed by atoms with E-state index in [1.807, 2.05) is 13.0 Å². The van der Waals surface area contributed by atoms with E-state index < -0.39 is 18.3 Å². The van der Waals surface area contributed by atoms with Gasteiger partial charge in [0.25, 0.3) is 0 Å². The SMILES string of the molecule is CCCCCC/C=C/[C@H](O)[C@@H](O)C#CC#C[C@H](O)CC. The second kappa shape index (κ2) is 12.8. The molecule has 0 saturated carbocycles. The summed E-state index contributed by atoms with van der Waals surface area (Å²) in [4.78, 5) is 0. The highest BCUT2D eigenvalue weighted by Gasteiger charge is 2.08. The van der Waals surface area contributed by atoms with Crippen molar-refractivity contribution in [2.45, 2.75) is 70.7 Å². The lowest BCUT2D eigenvalue weighted by molar-refractivity contribution is 0.0868. The van der Waals surface area contributed by atoms with Gasteiger partial charge in [0.15, 0.2) is 0 Å². The first-order chi connectivity index (χ1) is 9.61. The van der Waals surface area contributed by atoms with Gasteiger partial charge >= 0.3 is 0 Å². The summed E-state index contributed by atoms with van der Waals surface area (Å²) in [7, 11) is 0. The topological polar surface area (TPSA) is 60.7 Å². The number of hydrogen-bond donors (Lipinski definition) is 3. The van der Waals surface area contributed by atoms with Crippen LogP contribution >= 0.6 is 0 Å². The maximum atomic E-state index is 9.64. The summed E-state index contributed by atoms with van der Waals surface area (Å²) in [6.45, 7) is 3.98. The molecule has 3 atom stereocenters. The van der Waals surface area contributed by atoms with Crippen molar-refractivity contribution in [3.05, 3.63) is 12.2 Å². The summed E-state index contributed by atoms with van der Waals surface area (Å²) >= 11 is 0. The molecule has 0 amide bonds. The third-order valence-electron chi connectivity index (χ3n) is 2.79. The molecule has 0 aliphatic heterocycles. The Labute approximate surface area is 122 Å². The third kappa shape index (κ3) is 10.6. The van der Waals surface area contributed by atoms with Crippen molar-refractivity contribution >= 4 is 0 Å². The van der Waals surface area contributed by atoms with E-state index >= 15 is 0 Å². The van der Waals surface area contributed by atoms with Crippen LogP contribution in [0.4, 0.5) is 0 Å². The molecule has 0 aromatic heterocycles. The third-order valence-corrected chi connectivity index (χ3v) is 2.79. The van der Waals surface area contributed by atoms with Crippen LogP contribution in [-0.2, 0) is 0 Å². The first-order valence-corrected chi connectivity index (χ1v) is 7.33. The average Bonchev–Trinajstić information content (AvgIpc) is 2.46. The average molecular weight is 278 g/mol. The van der Waals surface area contributed by atoms with Crippen LogP contribution in [0, 0.1) is 23.7 Å². The van der Waals surface area contributed by atoms with Crippen molar-refractivity contribution in [2.75, 3.05) is 0 Å². The summed E-state index contributed by atoms with van der Waals surface area (Å²) in [6, 6.07) is 0. The molecule has 112 valence electrons. The van der Waals surface area contributed by atoms with E-state index in [0.29, 0.717) is 6.42 Å². The molecule has 3 nitrogen and oxygen atoms in total. The Balaban J connectivity index is 4.02. The standard InChI is InChI=1S/C17H26O3/c1-3-5-6-7-8-9-13-16(19)17(20)14-11-10-12-15(18)4-2/h9,13,15-20H,3-8H2,1-2H3/b13-9+/t15-,16+,17+/m1/s1. The van der Waals surface area contributed by atoms with Crippen LogP contribution in [0.15, 0.2) is 12.2 Å². The highest BCUT2D eigenvalue weighted by molar-refractivity contribution is 5.29. The van der Waals surface area contributed by atoms with Gasteiger partial charge < -0.3 is 15.3 Å². The molecule has 0 aliphatic carbocycles. The summed E-state index contributed by atoms with van der Waals surface area (Å²) < 4.78 is 0. The normalized spacial score (nSPS) is 14.8. The monoisotopic (exact) mass is 278 g/mol. The highest BCUT2D eigenvalue weighted by atomic mass is 16.3. The molecule has 0 aliphatic rings. The maximum absolute atomic E-state index is 9.64. The molecule has 0 spiro atoms. The quantitative estimate of drug-likeness (QED) is 0.361. The predicted molar refractivity (Wildman–Crippen MR) is 81.8 cm³/mol. The van der Waals surface area contributed by atoms with Crippen LogP contribution in [0.5, 0.6) is 0 Å². The largest absolute Gasteiger partial charge is 0.385 e. The fourth-order valence-corrected chi connectivity index (χ4v) is 1.45. The highest BCUT2D eigenvalue weighted by Crippen LogP contribution is 2.04. The lowest BCUT2D eigenvalue weighted by Gasteiger charge is -2.06. The molecule has 20 heavy (non-hydrogen) atoms. The minimum absolute atomic E-state index is 0.542. The lowest BCUT2D eigenvalue weighted by Crippen LogP contribution is -2.21. The molecule has 0 unspecified atom stereocenters. The van der Waals surface area contributed by atoms with E-state index in [1.165, 1.54) is 19.3 Å². The molecule has 0 rings (SSSR count). The second-order valence-corrected chi connectivity index (χ2v) is 4.68. The van der Waals surface area contributed by atoms with Crippen molar-refractivity contribution in [3.8, 4) is 23.7 Å². The molecule has 0 heterocycles. The zero-order valence-corrected chi connectivity index (χ0v) is 12.5. The molecule has 0 saturated heterocycles. The van der Waals surface area contributed by atoms with Crippen molar-refractivity contribution in [2.24, 2.45) is 0 Å². The Morgan fingerprint density at radius 2 is 1.65 bits per heavy atom. The van der Waals surface area contributed by atoms with Gasteiger partial charge in [-0.05, 0) is 31.1 Å². The van der Waals surface area contributed by atoms with E-state index in [4.69, 9.17) is 0 Å². The van der Waals surface area contributed by atoms with Gasteiger partial charge in [-0.2, -0.15) is 0 Å². The molecule has 0 aromatic rings. The number of hydrogen-bond acceptors (Lipinski definition) is 3. The van der Waals surface area contributed by atoms with Crippen LogP contribution in [0.3, 0.4) is 0 Å². The van der Waals surface area contributed by atoms with Gasteiger partial charge in [-0.25, -0.2) is 0 Å². The van der Waals surface area contributed by atoms with Gasteiger partial charge in [-0.15, -0.1) is 0 Å². The number of allylic oxidation sites excluding steroid dienone is 1. The van der Waals surface area contributed by atoms with Gasteiger partial charge in [0.1, 0.15) is 18.3 Å².